The molecule has 1 atom stereocenters. The van der Waals surface area contributed by atoms with Gasteiger partial charge in [0.25, 0.3) is 0 Å². The first kappa shape index (κ1) is 30.2. The molecule has 1 fully saturated rings. The standard InChI is InChI=1S/C27H32N4O3.C5H9FO/c32-22-6-9-24-21(19-22)11-15-31(26-10-12-28-27(33)29-26)25(24)18-20-4-7-23(8-5-20)34-17-16-30-13-2-1-3-14-30;1-4(7)5(2,3)6/h4-10,12,19,25,32H,1-3,11,13-18H2,(H,28,29,33);1-3H3. The summed E-state index contributed by atoms with van der Waals surface area (Å²) in [5.74, 6) is 1.52. The SMILES string of the molecule is CC(=O)C(C)(C)F.O=c1nccc(N2CCc3cc(O)ccc3C2Cc2ccc(OCCN3CCCCC3)cc2)[nH]1. The number of alkyl halides is 1. The maximum absolute atomic E-state index is 12.2. The van der Waals surface area contributed by atoms with Crippen molar-refractivity contribution in [2.24, 2.45) is 0 Å². The quantitative estimate of drug-likeness (QED) is 0.397. The van der Waals surface area contributed by atoms with E-state index in [9.17, 15) is 19.1 Å². The zero-order chi connectivity index (χ0) is 29.4. The Morgan fingerprint density at radius 1 is 1.10 bits per heavy atom. The Labute approximate surface area is 241 Å². The van der Waals surface area contributed by atoms with E-state index in [1.165, 1.54) is 64.3 Å². The van der Waals surface area contributed by atoms with E-state index in [2.05, 4.69) is 31.9 Å². The van der Waals surface area contributed by atoms with E-state index < -0.39 is 11.5 Å². The summed E-state index contributed by atoms with van der Waals surface area (Å²) in [5, 5.41) is 9.98. The van der Waals surface area contributed by atoms with E-state index in [0.717, 1.165) is 43.1 Å². The van der Waals surface area contributed by atoms with Gasteiger partial charge in [-0.2, -0.15) is 0 Å². The molecule has 0 aliphatic carbocycles. The summed E-state index contributed by atoms with van der Waals surface area (Å²) < 4.78 is 18.2. The minimum absolute atomic E-state index is 0.0354. The van der Waals surface area contributed by atoms with E-state index in [0.29, 0.717) is 6.61 Å². The van der Waals surface area contributed by atoms with E-state index >= 15 is 0 Å². The lowest BCUT2D eigenvalue weighted by molar-refractivity contribution is -0.126. The van der Waals surface area contributed by atoms with Crippen LogP contribution in [0.15, 0.2) is 59.5 Å². The normalized spacial score (nSPS) is 17.3. The molecule has 41 heavy (non-hydrogen) atoms. The van der Waals surface area contributed by atoms with E-state index in [4.69, 9.17) is 4.74 Å². The van der Waals surface area contributed by atoms with Crippen LogP contribution in [0.2, 0.25) is 0 Å². The first-order valence-electron chi connectivity index (χ1n) is 14.4. The molecule has 2 aliphatic heterocycles. The average molecular weight is 565 g/mol. The molecule has 1 aromatic heterocycles. The number of aromatic nitrogens is 2. The first-order chi connectivity index (χ1) is 19.6. The zero-order valence-corrected chi connectivity index (χ0v) is 24.2. The number of nitrogens with zero attached hydrogens (tertiary/aromatic N) is 3. The van der Waals surface area contributed by atoms with E-state index in [1.54, 1.807) is 12.3 Å². The number of H-pyrrole nitrogens is 1. The fraction of sp³-hybridized carbons (Fsp3) is 0.469. The van der Waals surface area contributed by atoms with Crippen LogP contribution in [0.1, 0.15) is 62.8 Å². The summed E-state index contributed by atoms with van der Waals surface area (Å²) >= 11 is 0. The molecule has 3 heterocycles. The van der Waals surface area contributed by atoms with Crippen LogP contribution in [0.25, 0.3) is 0 Å². The molecular weight excluding hydrogens is 523 g/mol. The predicted octanol–water partition coefficient (Wildman–Crippen LogP) is 5.01. The highest BCUT2D eigenvalue weighted by molar-refractivity contribution is 5.83. The molecule has 2 N–H and O–H groups in total. The van der Waals surface area contributed by atoms with Crippen LogP contribution in [0.4, 0.5) is 10.2 Å². The van der Waals surface area contributed by atoms with Gasteiger partial charge in [-0.15, -0.1) is 0 Å². The summed E-state index contributed by atoms with van der Waals surface area (Å²) in [4.78, 5) is 33.3. The third-order valence-corrected chi connectivity index (χ3v) is 7.77. The average Bonchev–Trinajstić information content (AvgIpc) is 2.94. The number of halogens is 1. The maximum Gasteiger partial charge on any atom is 0.346 e. The number of ketones is 1. The molecule has 3 aromatic rings. The number of anilines is 1. The number of benzene rings is 2. The number of likely N-dealkylation sites (tertiary alicyclic amines) is 1. The third kappa shape index (κ3) is 8.63. The fourth-order valence-corrected chi connectivity index (χ4v) is 5.15. The Morgan fingerprint density at radius 2 is 1.80 bits per heavy atom. The number of rotatable bonds is 8. The van der Waals surface area contributed by atoms with Gasteiger partial charge in [0.15, 0.2) is 11.5 Å². The molecule has 0 amide bonds. The minimum atomic E-state index is -1.64. The van der Waals surface area contributed by atoms with Crippen molar-refractivity contribution in [3.05, 3.63) is 81.9 Å². The maximum atomic E-state index is 12.2. The Hall–Kier alpha value is -3.72. The lowest BCUT2D eigenvalue weighted by atomic mass is 9.88. The molecule has 1 saturated heterocycles. The number of aromatic amines is 1. The molecule has 0 saturated carbocycles. The number of nitrogens with one attached hydrogen (secondary N) is 1. The van der Waals surface area contributed by atoms with Gasteiger partial charge in [-0.1, -0.05) is 24.6 Å². The highest BCUT2D eigenvalue weighted by Gasteiger charge is 2.29. The highest BCUT2D eigenvalue weighted by atomic mass is 19.1. The lowest BCUT2D eigenvalue weighted by Crippen LogP contribution is -2.38. The summed E-state index contributed by atoms with van der Waals surface area (Å²) in [6, 6.07) is 15.8. The molecule has 0 spiro atoms. The topological polar surface area (TPSA) is 98.8 Å². The van der Waals surface area contributed by atoms with Gasteiger partial charge in [-0.05, 0) is 107 Å². The van der Waals surface area contributed by atoms with Crippen molar-refractivity contribution in [1.82, 2.24) is 14.9 Å². The number of carbonyl (C=O) groups is 1. The molecule has 9 heteroatoms. The van der Waals surface area contributed by atoms with Gasteiger partial charge in [0.2, 0.25) is 0 Å². The van der Waals surface area contributed by atoms with Gasteiger partial charge in [0.05, 0.1) is 6.04 Å². The fourth-order valence-electron chi connectivity index (χ4n) is 5.15. The predicted molar refractivity (Wildman–Crippen MR) is 159 cm³/mol. The van der Waals surface area contributed by atoms with Crippen LogP contribution in [0.3, 0.4) is 0 Å². The van der Waals surface area contributed by atoms with Crippen LogP contribution < -0.4 is 15.3 Å². The van der Waals surface area contributed by atoms with Crippen molar-refractivity contribution in [2.75, 3.05) is 37.7 Å². The van der Waals surface area contributed by atoms with Gasteiger partial charge in [-0.25, -0.2) is 14.2 Å². The van der Waals surface area contributed by atoms with Crippen molar-refractivity contribution in [2.45, 2.75) is 64.6 Å². The Morgan fingerprint density at radius 3 is 2.46 bits per heavy atom. The number of phenols is 1. The first-order valence-corrected chi connectivity index (χ1v) is 14.4. The van der Waals surface area contributed by atoms with Crippen molar-refractivity contribution in [3.63, 3.8) is 0 Å². The van der Waals surface area contributed by atoms with Crippen LogP contribution >= 0.6 is 0 Å². The Kier molecular flexibility index (Phi) is 10.2. The summed E-state index contributed by atoms with van der Waals surface area (Å²) in [6.07, 6.45) is 7.06. The largest absolute Gasteiger partial charge is 0.508 e. The summed E-state index contributed by atoms with van der Waals surface area (Å²) in [6.45, 7) is 8.53. The Balaban J connectivity index is 0.000000493. The second kappa shape index (κ2) is 13.8. The van der Waals surface area contributed by atoms with Crippen LogP contribution in [-0.2, 0) is 17.6 Å². The van der Waals surface area contributed by atoms with Crippen LogP contribution in [0.5, 0.6) is 11.5 Å². The second-order valence-electron chi connectivity index (χ2n) is 11.2. The molecule has 8 nitrogen and oxygen atoms in total. The zero-order valence-electron chi connectivity index (χ0n) is 24.2. The number of carbonyl (C=O) groups excluding carboxylic acids is 1. The van der Waals surface area contributed by atoms with Crippen molar-refractivity contribution in [1.29, 1.82) is 0 Å². The number of ether oxygens (including phenoxy) is 1. The van der Waals surface area contributed by atoms with Crippen molar-refractivity contribution < 1.29 is 19.0 Å². The van der Waals surface area contributed by atoms with Crippen molar-refractivity contribution in [3.8, 4) is 11.5 Å². The molecular formula is C32H41FN4O4. The molecule has 5 rings (SSSR count). The monoisotopic (exact) mass is 564 g/mol. The van der Waals surface area contributed by atoms with Gasteiger partial charge in [-0.3, -0.25) is 14.7 Å². The number of aromatic hydroxyl groups is 1. The molecule has 2 aliphatic rings. The summed E-state index contributed by atoms with van der Waals surface area (Å²) in [7, 11) is 0. The summed E-state index contributed by atoms with van der Waals surface area (Å²) in [5.41, 5.74) is 1.52. The number of fused-ring (bicyclic) bond motifs is 1. The van der Waals surface area contributed by atoms with Crippen LogP contribution in [-0.4, -0.2) is 64.2 Å². The van der Waals surface area contributed by atoms with Gasteiger partial charge < -0.3 is 14.7 Å². The minimum Gasteiger partial charge on any atom is -0.508 e. The third-order valence-electron chi connectivity index (χ3n) is 7.77. The van der Waals surface area contributed by atoms with E-state index in [1.807, 2.05) is 30.3 Å². The highest BCUT2D eigenvalue weighted by Crippen LogP contribution is 2.36. The van der Waals surface area contributed by atoms with Crippen LogP contribution in [0, 0.1) is 0 Å². The van der Waals surface area contributed by atoms with Gasteiger partial charge >= 0.3 is 5.69 Å². The van der Waals surface area contributed by atoms with Crippen molar-refractivity contribution >= 4 is 11.6 Å². The molecule has 2 aromatic carbocycles. The van der Waals surface area contributed by atoms with E-state index in [-0.39, 0.29) is 17.5 Å². The smallest absolute Gasteiger partial charge is 0.346 e. The van der Waals surface area contributed by atoms with Gasteiger partial charge in [0.1, 0.15) is 23.9 Å². The number of piperidine rings is 1. The molecule has 0 bridgehead atoms. The number of hydrogen-bond acceptors (Lipinski definition) is 7. The number of Topliss-reactive ketones (excluding diaryl/α,β-unsaturated/α-hetero) is 1. The molecule has 1 unspecified atom stereocenters. The van der Waals surface area contributed by atoms with Gasteiger partial charge in [0, 0.05) is 19.3 Å². The molecule has 0 radical (unpaired) electrons. The number of phenolic OH excluding ortho intramolecular Hbond substituents is 1. The molecule has 220 valence electrons. The second-order valence-corrected chi connectivity index (χ2v) is 11.2. The lowest BCUT2D eigenvalue weighted by Gasteiger charge is -2.38. The Bertz CT molecular complexity index is 1350. The number of hydrogen-bond donors (Lipinski definition) is 2.